The van der Waals surface area contributed by atoms with Crippen LogP contribution < -0.4 is 5.32 Å². The lowest BCUT2D eigenvalue weighted by molar-refractivity contribution is -0.0790. The number of nitrogens with one attached hydrogen (secondary N) is 1. The first-order chi connectivity index (χ1) is 22.4. The normalized spacial score (nSPS) is 21.6. The summed E-state index contributed by atoms with van der Waals surface area (Å²) in [5.74, 6) is 1.13. The van der Waals surface area contributed by atoms with Crippen LogP contribution in [0, 0.1) is 13.8 Å². The maximum Gasteiger partial charge on any atom is 0.410 e. The molecule has 2 aromatic carbocycles. The first-order valence-corrected chi connectivity index (χ1v) is 16.5. The molecule has 2 aliphatic heterocycles. The van der Waals surface area contributed by atoms with Crippen LogP contribution in [0.4, 0.5) is 4.79 Å². The Kier molecular flexibility index (Phi) is 11.6. The second-order valence-electron chi connectivity index (χ2n) is 12.9. The van der Waals surface area contributed by atoms with Crippen molar-refractivity contribution in [1.29, 1.82) is 0 Å². The molecule has 1 amide bonds. The highest BCUT2D eigenvalue weighted by Gasteiger charge is 2.37. The predicted molar refractivity (Wildman–Crippen MR) is 179 cm³/mol. The van der Waals surface area contributed by atoms with Crippen LogP contribution in [-0.4, -0.2) is 64.9 Å². The molecule has 0 bridgehead atoms. The zero-order valence-corrected chi connectivity index (χ0v) is 28.9. The average molecular weight is 686 g/mol. The number of nitrogens with zero attached hydrogens (tertiary/aromatic N) is 3. The van der Waals surface area contributed by atoms with Crippen LogP contribution in [0.15, 0.2) is 69.9 Å². The van der Waals surface area contributed by atoms with Gasteiger partial charge in [-0.3, -0.25) is 4.90 Å². The van der Waals surface area contributed by atoms with Gasteiger partial charge in [0.25, 0.3) is 0 Å². The first-order valence-electron chi connectivity index (χ1n) is 15.7. The number of amides is 1. The Morgan fingerprint density at radius 1 is 0.851 bits per heavy atom. The molecule has 0 spiro atoms. The summed E-state index contributed by atoms with van der Waals surface area (Å²) in [6.45, 7) is 11.4. The van der Waals surface area contributed by atoms with Gasteiger partial charge in [0.2, 0.25) is 11.8 Å². The number of morpholine rings is 2. The van der Waals surface area contributed by atoms with Gasteiger partial charge in [0.1, 0.15) is 24.2 Å². The van der Waals surface area contributed by atoms with Crippen molar-refractivity contribution in [1.82, 2.24) is 20.2 Å². The largest absolute Gasteiger partial charge is 0.446 e. The number of oxazole rings is 2. The molecule has 0 aliphatic carbocycles. The fourth-order valence-corrected chi connectivity index (χ4v) is 5.56. The predicted octanol–water partition coefficient (Wildman–Crippen LogP) is 7.46. The van der Waals surface area contributed by atoms with Gasteiger partial charge in [-0.25, -0.2) is 14.8 Å². The third-order valence-corrected chi connectivity index (χ3v) is 8.12. The summed E-state index contributed by atoms with van der Waals surface area (Å²) in [4.78, 5) is 23.2. The Morgan fingerprint density at radius 2 is 1.38 bits per heavy atom. The van der Waals surface area contributed by atoms with Crippen molar-refractivity contribution in [3.63, 3.8) is 0 Å². The van der Waals surface area contributed by atoms with Gasteiger partial charge in [0, 0.05) is 22.6 Å². The lowest BCUT2D eigenvalue weighted by Crippen LogP contribution is -2.52. The fraction of sp³-hybridized carbons (Fsp3) is 0.457. The van der Waals surface area contributed by atoms with Crippen molar-refractivity contribution in [3.05, 3.63) is 105 Å². The lowest BCUT2D eigenvalue weighted by Gasteiger charge is -2.39. The number of rotatable bonds is 6. The molecular formula is C35H42Cl2N4O6. The van der Waals surface area contributed by atoms with Gasteiger partial charge in [-0.2, -0.15) is 0 Å². The number of aryl methyl sites for hydroxylation is 2. The van der Waals surface area contributed by atoms with Gasteiger partial charge in [-0.1, -0.05) is 47.5 Å². The van der Waals surface area contributed by atoms with E-state index in [1.165, 1.54) is 5.56 Å². The van der Waals surface area contributed by atoms with Crippen molar-refractivity contribution in [2.75, 3.05) is 26.3 Å². The Balaban J connectivity index is 0.000000193. The highest BCUT2D eigenvalue weighted by Crippen LogP contribution is 2.28. The molecule has 2 aliphatic rings. The highest BCUT2D eigenvalue weighted by molar-refractivity contribution is 6.30. The van der Waals surface area contributed by atoms with E-state index in [0.717, 1.165) is 34.9 Å². The van der Waals surface area contributed by atoms with E-state index < -0.39 is 11.7 Å². The van der Waals surface area contributed by atoms with Crippen LogP contribution in [0.5, 0.6) is 0 Å². The van der Waals surface area contributed by atoms with E-state index in [0.29, 0.717) is 49.0 Å². The van der Waals surface area contributed by atoms with E-state index in [-0.39, 0.29) is 18.2 Å². The van der Waals surface area contributed by atoms with E-state index in [2.05, 4.69) is 15.3 Å². The molecule has 6 rings (SSSR count). The number of carbonyl (C=O) groups excluding carboxylic acids is 1. The molecule has 2 aromatic heterocycles. The van der Waals surface area contributed by atoms with Crippen LogP contribution in [0.25, 0.3) is 0 Å². The Bertz CT molecular complexity index is 1580. The summed E-state index contributed by atoms with van der Waals surface area (Å²) in [7, 11) is 0. The second-order valence-corrected chi connectivity index (χ2v) is 13.7. The summed E-state index contributed by atoms with van der Waals surface area (Å²) in [6, 6.07) is 15.7. The topological polar surface area (TPSA) is 112 Å². The van der Waals surface area contributed by atoms with E-state index in [1.807, 2.05) is 83.1 Å². The van der Waals surface area contributed by atoms with Crippen molar-refractivity contribution in [3.8, 4) is 0 Å². The van der Waals surface area contributed by atoms with Crippen molar-refractivity contribution >= 4 is 29.3 Å². The molecule has 2 saturated heterocycles. The molecule has 1 N–H and O–H groups in total. The van der Waals surface area contributed by atoms with Crippen LogP contribution in [-0.2, 0) is 27.1 Å². The first kappa shape index (κ1) is 34.9. The maximum atomic E-state index is 12.8. The van der Waals surface area contributed by atoms with Gasteiger partial charge >= 0.3 is 6.09 Å². The Morgan fingerprint density at radius 3 is 1.87 bits per heavy atom. The molecule has 4 atom stereocenters. The van der Waals surface area contributed by atoms with Crippen LogP contribution in [0.3, 0.4) is 0 Å². The quantitative estimate of drug-likeness (QED) is 0.221. The summed E-state index contributed by atoms with van der Waals surface area (Å²) in [5, 5.41) is 4.93. The van der Waals surface area contributed by atoms with Gasteiger partial charge in [0.15, 0.2) is 6.10 Å². The van der Waals surface area contributed by atoms with Crippen LogP contribution >= 0.6 is 23.2 Å². The fourth-order valence-electron chi connectivity index (χ4n) is 5.31. The van der Waals surface area contributed by atoms with Crippen molar-refractivity contribution in [2.24, 2.45) is 0 Å². The SMILES string of the molecule is Cc1coc([C@H]2CN(C(=O)OC(C)(C)C)[C@@H](Cc3ccc(Cl)cc3)CO2)n1.Cc1coc([C@H]2CN[C@@H](Cc3ccc(Cl)cc3)CO2)n1. The molecule has 2 fully saturated rings. The molecule has 0 saturated carbocycles. The van der Waals surface area contributed by atoms with Gasteiger partial charge in [0.05, 0.1) is 37.2 Å². The zero-order chi connectivity index (χ0) is 33.6. The number of benzene rings is 2. The van der Waals surface area contributed by atoms with Gasteiger partial charge < -0.3 is 28.4 Å². The van der Waals surface area contributed by atoms with E-state index in [9.17, 15) is 4.79 Å². The molecule has 252 valence electrons. The smallest absolute Gasteiger partial charge is 0.410 e. The van der Waals surface area contributed by atoms with Crippen molar-refractivity contribution in [2.45, 2.75) is 77.4 Å². The Labute approximate surface area is 285 Å². The minimum absolute atomic E-state index is 0.0924. The molecular weight excluding hydrogens is 643 g/mol. The average Bonchev–Trinajstić information content (AvgIpc) is 3.67. The summed E-state index contributed by atoms with van der Waals surface area (Å²) in [5.41, 5.74) is 3.41. The monoisotopic (exact) mass is 684 g/mol. The molecule has 0 radical (unpaired) electrons. The molecule has 47 heavy (non-hydrogen) atoms. The van der Waals surface area contributed by atoms with Crippen LogP contribution in [0.2, 0.25) is 10.0 Å². The standard InChI is InChI=1S/C20H25ClN2O4.C15H17ClN2O2/c1-13-11-26-18(22-13)17-10-23(19(24)27-20(2,3)4)16(12-25-17)9-14-5-7-15(21)8-6-14;1-10-8-20-15(18-10)14-7-17-13(9-19-14)6-11-2-4-12(16)5-3-11/h5-8,11,16-17H,9-10,12H2,1-4H3;2-5,8,13-14,17H,6-7,9H2,1H3/t16-,17+;13-,14+/m00/s1. The van der Waals surface area contributed by atoms with Gasteiger partial charge in [-0.05, 0) is 82.9 Å². The van der Waals surface area contributed by atoms with E-state index >= 15 is 0 Å². The second kappa shape index (κ2) is 15.7. The number of hydrogen-bond donors (Lipinski definition) is 1. The maximum absolute atomic E-state index is 12.8. The minimum Gasteiger partial charge on any atom is -0.446 e. The number of aromatic nitrogens is 2. The van der Waals surface area contributed by atoms with Gasteiger partial charge in [-0.15, -0.1) is 0 Å². The van der Waals surface area contributed by atoms with Crippen molar-refractivity contribution < 1.29 is 27.8 Å². The zero-order valence-electron chi connectivity index (χ0n) is 27.4. The highest BCUT2D eigenvalue weighted by atomic mass is 35.5. The summed E-state index contributed by atoms with van der Waals surface area (Å²) < 4.78 is 28.3. The van der Waals surface area contributed by atoms with E-state index in [4.69, 9.17) is 46.2 Å². The van der Waals surface area contributed by atoms with E-state index in [1.54, 1.807) is 17.4 Å². The third-order valence-electron chi connectivity index (χ3n) is 7.62. The molecule has 10 nitrogen and oxygen atoms in total. The number of carbonyl (C=O) groups is 1. The molecule has 12 heteroatoms. The molecule has 4 heterocycles. The summed E-state index contributed by atoms with van der Waals surface area (Å²) >= 11 is 11.9. The Hall–Kier alpha value is -3.41. The number of hydrogen-bond acceptors (Lipinski definition) is 9. The molecule has 0 unspecified atom stereocenters. The minimum atomic E-state index is -0.574. The third kappa shape index (κ3) is 10.3. The molecule has 4 aromatic rings. The number of ether oxygens (including phenoxy) is 3. The van der Waals surface area contributed by atoms with Crippen LogP contribution in [0.1, 0.15) is 67.3 Å². The summed E-state index contributed by atoms with van der Waals surface area (Å²) in [6.07, 6.45) is 3.94. The lowest BCUT2D eigenvalue weighted by atomic mass is 10.0. The number of halogens is 2.